The zero-order valence-electron chi connectivity index (χ0n) is 22.6. The standard InChI is InChI=1S/C31H36Br2N2O3/c1-21(2)34-30(37)27(17-22-9-7-6-8-10-22)35(19-23-11-14-25(32)15-12-23)29(36)20-38-28-16-13-24(18-26(28)33)31(3,4)5/h6-16,18,21,27H,17,19-20H2,1-5H3,(H,34,37)/t27-/m0/s1. The van der Waals surface area contributed by atoms with E-state index >= 15 is 0 Å². The van der Waals surface area contributed by atoms with E-state index in [2.05, 4.69) is 57.9 Å². The van der Waals surface area contributed by atoms with Crippen LogP contribution >= 0.6 is 31.9 Å². The molecule has 0 saturated carbocycles. The topological polar surface area (TPSA) is 58.6 Å². The van der Waals surface area contributed by atoms with E-state index in [-0.39, 0.29) is 36.4 Å². The molecule has 7 heteroatoms. The summed E-state index contributed by atoms with van der Waals surface area (Å²) in [6.45, 7) is 10.4. The Bertz CT molecular complexity index is 1220. The van der Waals surface area contributed by atoms with Crippen molar-refractivity contribution >= 4 is 43.7 Å². The van der Waals surface area contributed by atoms with Gasteiger partial charge in [-0.1, -0.05) is 85.2 Å². The second kappa shape index (κ2) is 13.4. The van der Waals surface area contributed by atoms with Gasteiger partial charge in [-0.25, -0.2) is 0 Å². The Balaban J connectivity index is 1.90. The minimum Gasteiger partial charge on any atom is -0.483 e. The molecule has 0 fully saturated rings. The second-order valence-electron chi connectivity index (χ2n) is 10.7. The number of hydrogen-bond acceptors (Lipinski definition) is 3. The summed E-state index contributed by atoms with van der Waals surface area (Å²) in [7, 11) is 0. The third-order valence-electron chi connectivity index (χ3n) is 6.12. The lowest BCUT2D eigenvalue weighted by atomic mass is 9.87. The van der Waals surface area contributed by atoms with Crippen molar-refractivity contribution in [2.45, 2.75) is 65.1 Å². The molecule has 0 saturated heterocycles. The van der Waals surface area contributed by atoms with Crippen LogP contribution < -0.4 is 10.1 Å². The molecule has 38 heavy (non-hydrogen) atoms. The van der Waals surface area contributed by atoms with E-state index in [1.54, 1.807) is 4.90 Å². The number of carbonyl (C=O) groups excluding carboxylic acids is 2. The Morgan fingerprint density at radius 1 is 0.921 bits per heavy atom. The fourth-order valence-electron chi connectivity index (χ4n) is 4.03. The van der Waals surface area contributed by atoms with Gasteiger partial charge in [0.25, 0.3) is 5.91 Å². The molecule has 3 aromatic carbocycles. The maximum atomic E-state index is 13.7. The number of carbonyl (C=O) groups is 2. The first-order valence-electron chi connectivity index (χ1n) is 12.7. The fraction of sp³-hybridized carbons (Fsp3) is 0.355. The number of hydrogen-bond donors (Lipinski definition) is 1. The van der Waals surface area contributed by atoms with Gasteiger partial charge >= 0.3 is 0 Å². The summed E-state index contributed by atoms with van der Waals surface area (Å²) in [6, 6.07) is 22.7. The molecule has 202 valence electrons. The maximum Gasteiger partial charge on any atom is 0.261 e. The van der Waals surface area contributed by atoms with E-state index < -0.39 is 6.04 Å². The van der Waals surface area contributed by atoms with Crippen LogP contribution in [0.5, 0.6) is 5.75 Å². The minimum atomic E-state index is -0.703. The summed E-state index contributed by atoms with van der Waals surface area (Å²) < 4.78 is 7.72. The van der Waals surface area contributed by atoms with Crippen LogP contribution in [-0.2, 0) is 28.0 Å². The van der Waals surface area contributed by atoms with E-state index in [1.807, 2.05) is 86.6 Å². The predicted octanol–water partition coefficient (Wildman–Crippen LogP) is 7.05. The summed E-state index contributed by atoms with van der Waals surface area (Å²) in [4.78, 5) is 28.8. The summed E-state index contributed by atoms with van der Waals surface area (Å²) in [5.41, 5.74) is 3.06. The van der Waals surface area contributed by atoms with Crippen molar-refractivity contribution in [1.29, 1.82) is 0 Å². The largest absolute Gasteiger partial charge is 0.483 e. The average molecular weight is 644 g/mol. The van der Waals surface area contributed by atoms with Gasteiger partial charge in [0.15, 0.2) is 6.61 Å². The quantitative estimate of drug-likeness (QED) is 0.258. The van der Waals surface area contributed by atoms with Gasteiger partial charge in [0, 0.05) is 23.5 Å². The maximum absolute atomic E-state index is 13.7. The summed E-state index contributed by atoms with van der Waals surface area (Å²) in [6.07, 6.45) is 0.394. The van der Waals surface area contributed by atoms with Gasteiger partial charge in [-0.15, -0.1) is 0 Å². The summed E-state index contributed by atoms with van der Waals surface area (Å²) >= 11 is 7.06. The SMILES string of the molecule is CC(C)NC(=O)[C@H](Cc1ccccc1)N(Cc1ccc(Br)cc1)C(=O)COc1ccc(C(C)(C)C)cc1Br. The molecular formula is C31H36Br2N2O3. The molecule has 2 amide bonds. The van der Waals surface area contributed by atoms with E-state index in [9.17, 15) is 9.59 Å². The zero-order valence-corrected chi connectivity index (χ0v) is 25.8. The first kappa shape index (κ1) is 29.9. The lowest BCUT2D eigenvalue weighted by Gasteiger charge is -2.32. The van der Waals surface area contributed by atoms with Crippen LogP contribution in [0.2, 0.25) is 0 Å². The molecule has 0 bridgehead atoms. The number of amides is 2. The van der Waals surface area contributed by atoms with Crippen molar-refractivity contribution in [2.24, 2.45) is 0 Å². The molecule has 3 aromatic rings. The lowest BCUT2D eigenvalue weighted by Crippen LogP contribution is -2.52. The van der Waals surface area contributed by atoms with Crippen molar-refractivity contribution in [3.05, 3.63) is 98.4 Å². The van der Waals surface area contributed by atoms with E-state index in [0.29, 0.717) is 12.2 Å². The average Bonchev–Trinajstić information content (AvgIpc) is 2.86. The molecule has 0 aliphatic heterocycles. The van der Waals surface area contributed by atoms with Crippen molar-refractivity contribution in [3.8, 4) is 5.75 Å². The number of halogens is 2. The Morgan fingerprint density at radius 2 is 1.58 bits per heavy atom. The lowest BCUT2D eigenvalue weighted by molar-refractivity contribution is -0.143. The van der Waals surface area contributed by atoms with E-state index in [1.165, 1.54) is 0 Å². The van der Waals surface area contributed by atoms with Crippen LogP contribution in [0.15, 0.2) is 81.7 Å². The number of rotatable bonds is 10. The van der Waals surface area contributed by atoms with E-state index in [4.69, 9.17) is 4.74 Å². The van der Waals surface area contributed by atoms with Gasteiger partial charge in [0.1, 0.15) is 11.8 Å². The predicted molar refractivity (Wildman–Crippen MR) is 160 cm³/mol. The molecule has 5 nitrogen and oxygen atoms in total. The highest BCUT2D eigenvalue weighted by molar-refractivity contribution is 9.10. The molecular weight excluding hydrogens is 608 g/mol. The molecule has 0 aliphatic rings. The van der Waals surface area contributed by atoms with Gasteiger partial charge in [-0.2, -0.15) is 0 Å². The monoisotopic (exact) mass is 642 g/mol. The first-order chi connectivity index (χ1) is 17.9. The fourth-order valence-corrected chi connectivity index (χ4v) is 4.79. The molecule has 0 unspecified atom stereocenters. The van der Waals surface area contributed by atoms with Crippen LogP contribution in [0, 0.1) is 0 Å². The van der Waals surface area contributed by atoms with Crippen LogP contribution in [0.1, 0.15) is 51.3 Å². The van der Waals surface area contributed by atoms with Crippen molar-refractivity contribution in [1.82, 2.24) is 10.2 Å². The molecule has 3 rings (SSSR count). The second-order valence-corrected chi connectivity index (χ2v) is 12.5. The molecule has 0 aliphatic carbocycles. The van der Waals surface area contributed by atoms with Crippen LogP contribution in [-0.4, -0.2) is 35.4 Å². The van der Waals surface area contributed by atoms with Crippen LogP contribution in [0.25, 0.3) is 0 Å². The Labute approximate surface area is 243 Å². The van der Waals surface area contributed by atoms with Crippen molar-refractivity contribution in [3.63, 3.8) is 0 Å². The Hall–Kier alpha value is -2.64. The molecule has 0 aromatic heterocycles. The first-order valence-corrected chi connectivity index (χ1v) is 14.3. The van der Waals surface area contributed by atoms with Crippen LogP contribution in [0.3, 0.4) is 0 Å². The van der Waals surface area contributed by atoms with E-state index in [0.717, 1.165) is 25.6 Å². The molecule has 0 heterocycles. The van der Waals surface area contributed by atoms with Gasteiger partial charge < -0.3 is 15.0 Å². The summed E-state index contributed by atoms with van der Waals surface area (Å²) in [5, 5.41) is 3.01. The number of nitrogens with one attached hydrogen (secondary N) is 1. The Kier molecular flexibility index (Phi) is 10.6. The number of nitrogens with zero attached hydrogens (tertiary/aromatic N) is 1. The minimum absolute atomic E-state index is 0.00716. The Morgan fingerprint density at radius 3 is 2.16 bits per heavy atom. The van der Waals surface area contributed by atoms with Crippen molar-refractivity contribution in [2.75, 3.05) is 6.61 Å². The molecule has 0 spiro atoms. The number of benzene rings is 3. The smallest absolute Gasteiger partial charge is 0.261 e. The third-order valence-corrected chi connectivity index (χ3v) is 7.27. The van der Waals surface area contributed by atoms with Gasteiger partial charge in [0.05, 0.1) is 4.47 Å². The molecule has 1 N–H and O–H groups in total. The molecule has 0 radical (unpaired) electrons. The van der Waals surface area contributed by atoms with Gasteiger partial charge in [0.2, 0.25) is 5.91 Å². The normalized spacial score (nSPS) is 12.2. The van der Waals surface area contributed by atoms with Gasteiger partial charge in [-0.05, 0) is 76.1 Å². The van der Waals surface area contributed by atoms with Crippen molar-refractivity contribution < 1.29 is 14.3 Å². The highest BCUT2D eigenvalue weighted by Crippen LogP contribution is 2.31. The highest BCUT2D eigenvalue weighted by Gasteiger charge is 2.31. The zero-order chi connectivity index (χ0) is 27.9. The highest BCUT2D eigenvalue weighted by atomic mass is 79.9. The summed E-state index contributed by atoms with van der Waals surface area (Å²) in [5.74, 6) is 0.130. The van der Waals surface area contributed by atoms with Crippen LogP contribution in [0.4, 0.5) is 0 Å². The third kappa shape index (κ3) is 8.70. The molecule has 1 atom stereocenters. The van der Waals surface area contributed by atoms with Gasteiger partial charge in [-0.3, -0.25) is 9.59 Å². The number of ether oxygens (including phenoxy) is 1.